The van der Waals surface area contributed by atoms with Gasteiger partial charge in [-0.1, -0.05) is 26.2 Å². The number of aliphatic hydroxyl groups is 1. The first-order valence-corrected chi connectivity index (χ1v) is 6.45. The van der Waals surface area contributed by atoms with Crippen molar-refractivity contribution in [3.05, 3.63) is 0 Å². The fourth-order valence-corrected chi connectivity index (χ4v) is 1.03. The van der Waals surface area contributed by atoms with Crippen molar-refractivity contribution in [2.75, 3.05) is 6.61 Å². The maximum atomic E-state index is 9.82. The Balaban J connectivity index is 0. The zero-order valence-electron chi connectivity index (χ0n) is 12.3. The molecule has 0 fully saturated rings. The zero-order chi connectivity index (χ0) is 14.8. The molecule has 0 radical (unpaired) electrons. The monoisotopic (exact) mass is 264 g/mol. The van der Waals surface area contributed by atoms with E-state index in [4.69, 9.17) is 19.8 Å². The summed E-state index contributed by atoms with van der Waals surface area (Å²) < 4.78 is 5.69. The molecule has 0 aromatic rings. The lowest BCUT2D eigenvalue weighted by Gasteiger charge is -2.37. The fourth-order valence-electron chi connectivity index (χ4n) is 1.03. The van der Waals surface area contributed by atoms with Gasteiger partial charge in [-0.05, 0) is 34.1 Å². The highest BCUT2D eigenvalue weighted by molar-refractivity contribution is 6.30. The average Bonchev–Trinajstić information content (AvgIpc) is 2.14. The normalized spacial score (nSPS) is 11.8. The Kier molecular flexibility index (Phi) is 10.9. The topological polar surface area (TPSA) is 90.2 Å². The van der Waals surface area contributed by atoms with Crippen LogP contribution in [0.25, 0.3) is 0 Å². The molecule has 0 aliphatic heterocycles. The van der Waals surface area contributed by atoms with E-state index in [0.29, 0.717) is 0 Å². The van der Waals surface area contributed by atoms with Gasteiger partial charge in [0.15, 0.2) is 0 Å². The Morgan fingerprint density at radius 2 is 1.39 bits per heavy atom. The Hall–Kier alpha value is -0.135. The van der Waals surface area contributed by atoms with Crippen LogP contribution < -0.4 is 0 Å². The highest BCUT2D eigenvalue weighted by atomic mass is 16.5. The van der Waals surface area contributed by atoms with Crippen LogP contribution in [0.1, 0.15) is 60.3 Å². The minimum atomic E-state index is -2.17. The summed E-state index contributed by atoms with van der Waals surface area (Å²) in [6, 6.07) is 0. The zero-order valence-corrected chi connectivity index (χ0v) is 12.3. The summed E-state index contributed by atoms with van der Waals surface area (Å²) in [7, 11) is -2.17. The Labute approximate surface area is 111 Å². The highest BCUT2D eigenvalue weighted by Crippen LogP contribution is 2.25. The summed E-state index contributed by atoms with van der Waals surface area (Å²) in [5.74, 6) is 0. The molecule has 0 spiro atoms. The van der Waals surface area contributed by atoms with Gasteiger partial charge in [-0.3, -0.25) is 0 Å². The second kappa shape index (κ2) is 9.75. The minimum absolute atomic E-state index is 0.459. The van der Waals surface area contributed by atoms with Crippen LogP contribution in [0.5, 0.6) is 0 Å². The second-order valence-electron chi connectivity index (χ2n) is 5.32. The SMILES string of the molecule is CCCCCCOC(C)(C)C(C)(C)O.OB(O)O. The van der Waals surface area contributed by atoms with Crippen LogP contribution in [-0.4, -0.2) is 45.3 Å². The largest absolute Gasteiger partial charge is 0.631 e. The molecular weight excluding hydrogens is 235 g/mol. The molecule has 110 valence electrons. The third-order valence-electron chi connectivity index (χ3n) is 2.93. The van der Waals surface area contributed by atoms with Crippen LogP contribution in [-0.2, 0) is 4.74 Å². The van der Waals surface area contributed by atoms with Gasteiger partial charge in [-0.2, -0.15) is 0 Å². The van der Waals surface area contributed by atoms with Gasteiger partial charge in [0.25, 0.3) is 0 Å². The van der Waals surface area contributed by atoms with Crippen molar-refractivity contribution >= 4 is 7.32 Å². The third-order valence-corrected chi connectivity index (χ3v) is 2.93. The summed E-state index contributed by atoms with van der Waals surface area (Å²) in [6.07, 6.45) is 4.83. The van der Waals surface area contributed by atoms with Gasteiger partial charge >= 0.3 is 7.32 Å². The lowest BCUT2D eigenvalue weighted by Crippen LogP contribution is -2.47. The lowest BCUT2D eigenvalue weighted by atomic mass is 9.89. The molecule has 0 saturated carbocycles. The number of hydrogen-bond acceptors (Lipinski definition) is 5. The third kappa shape index (κ3) is 12.3. The molecule has 0 unspecified atom stereocenters. The Bertz CT molecular complexity index is 187. The van der Waals surface area contributed by atoms with Crippen molar-refractivity contribution in [2.45, 2.75) is 71.5 Å². The number of ether oxygens (including phenoxy) is 1. The lowest BCUT2D eigenvalue weighted by molar-refractivity contribution is -0.147. The predicted molar refractivity (Wildman–Crippen MR) is 72.9 cm³/mol. The molecule has 0 heterocycles. The van der Waals surface area contributed by atoms with Crippen LogP contribution in [0.2, 0.25) is 0 Å². The van der Waals surface area contributed by atoms with Crippen LogP contribution in [0.15, 0.2) is 0 Å². The van der Waals surface area contributed by atoms with E-state index < -0.39 is 18.5 Å². The minimum Gasteiger partial charge on any atom is -0.402 e. The second-order valence-corrected chi connectivity index (χ2v) is 5.32. The molecule has 6 heteroatoms. The van der Waals surface area contributed by atoms with Crippen LogP contribution in [0, 0.1) is 0 Å². The summed E-state index contributed by atoms with van der Waals surface area (Å²) in [5.41, 5.74) is -1.24. The molecule has 0 amide bonds. The van der Waals surface area contributed by atoms with E-state index >= 15 is 0 Å². The Morgan fingerprint density at radius 3 is 1.72 bits per heavy atom. The summed E-state index contributed by atoms with van der Waals surface area (Å²) in [5, 5.41) is 31.3. The quantitative estimate of drug-likeness (QED) is 0.408. The summed E-state index contributed by atoms with van der Waals surface area (Å²) >= 11 is 0. The van der Waals surface area contributed by atoms with Crippen molar-refractivity contribution in [3.63, 3.8) is 0 Å². The molecule has 0 bridgehead atoms. The molecule has 5 nitrogen and oxygen atoms in total. The van der Waals surface area contributed by atoms with Crippen molar-refractivity contribution in [1.29, 1.82) is 0 Å². The number of unbranched alkanes of at least 4 members (excludes halogenated alkanes) is 3. The van der Waals surface area contributed by atoms with Gasteiger partial charge in [0, 0.05) is 6.61 Å². The molecule has 0 atom stereocenters. The molecule has 0 rings (SSSR count). The van der Waals surface area contributed by atoms with Gasteiger partial charge in [-0.15, -0.1) is 0 Å². The van der Waals surface area contributed by atoms with Crippen molar-refractivity contribution in [2.24, 2.45) is 0 Å². The van der Waals surface area contributed by atoms with E-state index in [9.17, 15) is 5.11 Å². The first-order chi connectivity index (χ1) is 8.04. The summed E-state index contributed by atoms with van der Waals surface area (Å²) in [4.78, 5) is 0. The van der Waals surface area contributed by atoms with Crippen LogP contribution in [0.3, 0.4) is 0 Å². The molecule has 0 aliphatic rings. The van der Waals surface area contributed by atoms with Gasteiger partial charge in [0.2, 0.25) is 0 Å². The van der Waals surface area contributed by atoms with Crippen molar-refractivity contribution in [1.82, 2.24) is 0 Å². The predicted octanol–water partition coefficient (Wildman–Crippen LogP) is 1.08. The van der Waals surface area contributed by atoms with E-state index in [2.05, 4.69) is 6.92 Å². The first kappa shape index (κ1) is 20.2. The van der Waals surface area contributed by atoms with E-state index in [-0.39, 0.29) is 0 Å². The average molecular weight is 264 g/mol. The smallest absolute Gasteiger partial charge is 0.402 e. The van der Waals surface area contributed by atoms with Gasteiger partial charge in [-0.25, -0.2) is 0 Å². The van der Waals surface area contributed by atoms with Crippen molar-refractivity contribution < 1.29 is 24.9 Å². The van der Waals surface area contributed by atoms with E-state index in [1.807, 2.05) is 13.8 Å². The molecule has 0 aliphatic carbocycles. The van der Waals surface area contributed by atoms with Crippen molar-refractivity contribution in [3.8, 4) is 0 Å². The Morgan fingerprint density at radius 1 is 0.944 bits per heavy atom. The highest BCUT2D eigenvalue weighted by Gasteiger charge is 2.35. The molecule has 0 aromatic carbocycles. The van der Waals surface area contributed by atoms with E-state index in [1.54, 1.807) is 13.8 Å². The van der Waals surface area contributed by atoms with Crippen LogP contribution >= 0.6 is 0 Å². The fraction of sp³-hybridized carbons (Fsp3) is 1.00. The van der Waals surface area contributed by atoms with E-state index in [1.165, 1.54) is 19.3 Å². The molecular formula is C12H29BO5. The molecule has 0 saturated heterocycles. The number of rotatable bonds is 7. The van der Waals surface area contributed by atoms with E-state index in [0.717, 1.165) is 13.0 Å². The molecule has 4 N–H and O–H groups in total. The van der Waals surface area contributed by atoms with Gasteiger partial charge < -0.3 is 24.9 Å². The maximum absolute atomic E-state index is 9.82. The maximum Gasteiger partial charge on any atom is 0.631 e. The standard InChI is InChI=1S/C12H26O2.BH3O3/c1-6-7-8-9-10-14-12(4,5)11(2,3)13;2-1(3)4/h13H,6-10H2,1-5H3;2-4H. The van der Waals surface area contributed by atoms with Crippen LogP contribution in [0.4, 0.5) is 0 Å². The summed E-state index contributed by atoms with van der Waals surface area (Å²) in [6.45, 7) is 10.4. The molecule has 18 heavy (non-hydrogen) atoms. The van der Waals surface area contributed by atoms with Gasteiger partial charge in [0.05, 0.1) is 11.2 Å². The molecule has 0 aromatic heterocycles. The van der Waals surface area contributed by atoms with Gasteiger partial charge in [0.1, 0.15) is 0 Å². The number of hydrogen-bond donors (Lipinski definition) is 4. The first-order valence-electron chi connectivity index (χ1n) is 6.45.